The van der Waals surface area contributed by atoms with E-state index in [1.807, 2.05) is 0 Å². The van der Waals surface area contributed by atoms with Gasteiger partial charge in [-0.2, -0.15) is 19.0 Å². The fourth-order valence-corrected chi connectivity index (χ4v) is 2.98. The summed E-state index contributed by atoms with van der Waals surface area (Å²) in [5, 5.41) is 11.0. The molecule has 0 spiro atoms. The molecule has 27 heavy (non-hydrogen) atoms. The number of hydrogen-bond acceptors (Lipinski definition) is 4. The van der Waals surface area contributed by atoms with E-state index in [1.165, 1.54) is 12.1 Å². The second kappa shape index (κ2) is 7.87. The zero-order valence-electron chi connectivity index (χ0n) is 14.5. The van der Waals surface area contributed by atoms with Crippen molar-refractivity contribution in [3.63, 3.8) is 0 Å². The first-order valence-corrected chi connectivity index (χ1v) is 8.67. The average molecular weight is 440 g/mol. The second-order valence-corrected chi connectivity index (χ2v) is 6.65. The first-order valence-electron chi connectivity index (χ1n) is 7.87. The van der Waals surface area contributed by atoms with Gasteiger partial charge in [0.15, 0.2) is 0 Å². The lowest BCUT2D eigenvalue weighted by Gasteiger charge is -2.16. The third-order valence-electron chi connectivity index (χ3n) is 3.93. The van der Waals surface area contributed by atoms with E-state index in [4.69, 9.17) is 0 Å². The summed E-state index contributed by atoms with van der Waals surface area (Å²) in [5.74, 6) is -0.179. The van der Waals surface area contributed by atoms with Crippen LogP contribution < -0.4 is 4.74 Å². The van der Waals surface area contributed by atoms with Gasteiger partial charge in [0.25, 0.3) is 5.91 Å². The van der Waals surface area contributed by atoms with Gasteiger partial charge in [0.2, 0.25) is 0 Å². The molecule has 2 heterocycles. The smallest absolute Gasteiger partial charge is 0.387 e. The van der Waals surface area contributed by atoms with Crippen LogP contribution in [0.3, 0.4) is 0 Å². The zero-order chi connectivity index (χ0) is 19.6. The van der Waals surface area contributed by atoms with Gasteiger partial charge >= 0.3 is 6.61 Å². The van der Waals surface area contributed by atoms with E-state index in [0.29, 0.717) is 23.5 Å². The number of halogens is 3. The molecule has 0 aliphatic carbocycles. The molecule has 1 N–H and O–H groups in total. The number of carbonyl (C=O) groups excluding carboxylic acids is 1. The van der Waals surface area contributed by atoms with Crippen LogP contribution in [0.25, 0.3) is 11.3 Å². The van der Waals surface area contributed by atoms with Gasteiger partial charge in [-0.1, -0.05) is 0 Å². The van der Waals surface area contributed by atoms with E-state index >= 15 is 0 Å². The number of alkyl halides is 2. The Morgan fingerprint density at radius 3 is 2.67 bits per heavy atom. The molecule has 3 rings (SSSR count). The van der Waals surface area contributed by atoms with Crippen LogP contribution >= 0.6 is 15.9 Å². The number of rotatable bonds is 6. The summed E-state index contributed by atoms with van der Waals surface area (Å²) in [6.45, 7) is -2.51. The highest BCUT2D eigenvalue weighted by Gasteiger charge is 2.18. The molecule has 0 saturated heterocycles. The van der Waals surface area contributed by atoms with Crippen molar-refractivity contribution in [3.05, 3.63) is 52.4 Å². The topological polar surface area (TPSA) is 76.0 Å². The number of benzene rings is 1. The Hall–Kier alpha value is -2.75. The number of hydrogen-bond donors (Lipinski definition) is 1. The highest BCUT2D eigenvalue weighted by molar-refractivity contribution is 9.10. The summed E-state index contributed by atoms with van der Waals surface area (Å²) in [5.41, 5.74) is 2.37. The Bertz CT molecular complexity index is 920. The third-order valence-corrected chi connectivity index (χ3v) is 4.59. The Kier molecular flexibility index (Phi) is 5.54. The number of nitrogens with zero attached hydrogens (tertiary/aromatic N) is 4. The van der Waals surface area contributed by atoms with Crippen molar-refractivity contribution in [2.24, 2.45) is 7.05 Å². The first kappa shape index (κ1) is 19.0. The Morgan fingerprint density at radius 2 is 2.07 bits per heavy atom. The normalized spacial score (nSPS) is 11.0. The third kappa shape index (κ3) is 4.33. The molecular weight excluding hydrogens is 424 g/mol. The van der Waals surface area contributed by atoms with Crippen LogP contribution in [-0.2, 0) is 13.6 Å². The summed E-state index contributed by atoms with van der Waals surface area (Å²) in [7, 11) is 3.48. The molecule has 0 radical (unpaired) electrons. The predicted octanol–water partition coefficient (Wildman–Crippen LogP) is 3.45. The number of H-pyrrole nitrogens is 1. The minimum atomic E-state index is -2.87. The van der Waals surface area contributed by atoms with Crippen LogP contribution in [0.4, 0.5) is 8.78 Å². The fraction of sp³-hybridized carbons (Fsp3) is 0.235. The molecule has 10 heteroatoms. The van der Waals surface area contributed by atoms with Crippen LogP contribution in [-0.4, -0.2) is 44.4 Å². The van der Waals surface area contributed by atoms with E-state index in [0.717, 1.165) is 10.2 Å². The summed E-state index contributed by atoms with van der Waals surface area (Å²) >= 11 is 3.41. The van der Waals surface area contributed by atoms with Crippen molar-refractivity contribution in [2.75, 3.05) is 7.05 Å². The molecule has 0 saturated carbocycles. The van der Waals surface area contributed by atoms with Gasteiger partial charge in [-0.15, -0.1) is 0 Å². The molecule has 0 atom stereocenters. The number of amides is 1. The van der Waals surface area contributed by atoms with Crippen molar-refractivity contribution in [3.8, 4) is 17.0 Å². The van der Waals surface area contributed by atoms with Crippen molar-refractivity contribution in [1.82, 2.24) is 24.9 Å². The molecule has 142 valence electrons. The summed E-state index contributed by atoms with van der Waals surface area (Å²) in [6.07, 6.45) is 1.67. The summed E-state index contributed by atoms with van der Waals surface area (Å²) < 4.78 is 31.2. The number of aromatic nitrogens is 4. The molecule has 0 aliphatic rings. The Morgan fingerprint density at radius 1 is 1.37 bits per heavy atom. The molecule has 0 unspecified atom stereocenters. The van der Waals surface area contributed by atoms with Crippen molar-refractivity contribution >= 4 is 21.8 Å². The zero-order valence-corrected chi connectivity index (χ0v) is 16.1. The number of aromatic amines is 1. The maximum absolute atomic E-state index is 12.6. The van der Waals surface area contributed by atoms with Crippen molar-refractivity contribution < 1.29 is 18.3 Å². The van der Waals surface area contributed by atoms with Gasteiger partial charge in [-0.05, 0) is 46.3 Å². The lowest BCUT2D eigenvalue weighted by Crippen LogP contribution is -2.27. The molecular formula is C17H16BrF2N5O2. The van der Waals surface area contributed by atoms with Gasteiger partial charge in [-0.3, -0.25) is 14.6 Å². The molecule has 0 aliphatic heterocycles. The van der Waals surface area contributed by atoms with Crippen molar-refractivity contribution in [1.29, 1.82) is 0 Å². The fourth-order valence-electron chi connectivity index (χ4n) is 2.50. The maximum atomic E-state index is 12.6. The predicted molar refractivity (Wildman–Crippen MR) is 97.4 cm³/mol. The lowest BCUT2D eigenvalue weighted by atomic mass is 10.1. The van der Waals surface area contributed by atoms with Gasteiger partial charge in [-0.25, -0.2) is 0 Å². The second-order valence-electron chi connectivity index (χ2n) is 5.79. The molecule has 7 nitrogen and oxygen atoms in total. The monoisotopic (exact) mass is 439 g/mol. The van der Waals surface area contributed by atoms with Crippen LogP contribution in [0.5, 0.6) is 5.75 Å². The molecule has 0 fully saturated rings. The van der Waals surface area contributed by atoms with E-state index in [-0.39, 0.29) is 11.7 Å². The Labute approximate surface area is 162 Å². The Balaban J connectivity index is 1.72. The quantitative estimate of drug-likeness (QED) is 0.637. The van der Waals surface area contributed by atoms with Crippen LogP contribution in [0.2, 0.25) is 0 Å². The first-order chi connectivity index (χ1) is 12.8. The standard InChI is InChI=1S/C17H16BrF2N5O2/c1-24(9-15-12(18)8-21-25(15)2)16(26)14-7-13(22-23-14)10-3-5-11(6-4-10)27-17(19)20/h3-8,17H,9H2,1-2H3,(H,22,23). The van der Waals surface area contributed by atoms with Crippen molar-refractivity contribution in [2.45, 2.75) is 13.2 Å². The summed E-state index contributed by atoms with van der Waals surface area (Å²) in [4.78, 5) is 14.2. The molecule has 2 aromatic heterocycles. The molecule has 0 bridgehead atoms. The highest BCUT2D eigenvalue weighted by Crippen LogP contribution is 2.23. The van der Waals surface area contributed by atoms with E-state index < -0.39 is 6.61 Å². The minimum Gasteiger partial charge on any atom is -0.435 e. The van der Waals surface area contributed by atoms with Crippen LogP contribution in [0.15, 0.2) is 41.0 Å². The van der Waals surface area contributed by atoms with E-state index in [1.54, 1.807) is 48.1 Å². The van der Waals surface area contributed by atoms with E-state index in [2.05, 4.69) is 36.0 Å². The maximum Gasteiger partial charge on any atom is 0.387 e. The minimum absolute atomic E-state index is 0.0575. The number of nitrogens with one attached hydrogen (secondary N) is 1. The highest BCUT2D eigenvalue weighted by atomic mass is 79.9. The van der Waals surface area contributed by atoms with Crippen LogP contribution in [0, 0.1) is 0 Å². The SMILES string of the molecule is CN(Cc1c(Br)cnn1C)C(=O)c1cc(-c2ccc(OC(F)F)cc2)n[nH]1. The lowest BCUT2D eigenvalue weighted by molar-refractivity contribution is -0.0498. The molecule has 3 aromatic rings. The molecule has 1 amide bonds. The van der Waals surface area contributed by atoms with E-state index in [9.17, 15) is 13.6 Å². The largest absolute Gasteiger partial charge is 0.435 e. The number of carbonyl (C=O) groups is 1. The van der Waals surface area contributed by atoms with Crippen LogP contribution in [0.1, 0.15) is 16.2 Å². The van der Waals surface area contributed by atoms with Gasteiger partial charge < -0.3 is 9.64 Å². The average Bonchev–Trinajstić information content (AvgIpc) is 3.24. The number of ether oxygens (including phenoxy) is 1. The molecule has 1 aromatic carbocycles. The number of aryl methyl sites for hydroxylation is 1. The van der Waals surface area contributed by atoms with Gasteiger partial charge in [0.05, 0.1) is 28.6 Å². The van der Waals surface area contributed by atoms with Gasteiger partial charge in [0.1, 0.15) is 11.4 Å². The summed E-state index contributed by atoms with van der Waals surface area (Å²) in [6, 6.07) is 7.64. The van der Waals surface area contributed by atoms with Gasteiger partial charge in [0, 0.05) is 19.7 Å².